The van der Waals surface area contributed by atoms with Crippen molar-refractivity contribution in [2.75, 3.05) is 24.3 Å². The predicted molar refractivity (Wildman–Crippen MR) is 106 cm³/mol. The van der Waals surface area contributed by atoms with E-state index in [1.165, 1.54) is 19.9 Å². The first-order valence-corrected chi connectivity index (χ1v) is 10.1. The van der Waals surface area contributed by atoms with Crippen LogP contribution in [0.1, 0.15) is 12.0 Å². The molecule has 4 rings (SSSR count). The minimum atomic E-state index is 0.187. The highest BCUT2D eigenvalue weighted by molar-refractivity contribution is 8.01. The minimum absolute atomic E-state index is 0.187. The van der Waals surface area contributed by atoms with Gasteiger partial charge in [-0.2, -0.15) is 0 Å². The van der Waals surface area contributed by atoms with Gasteiger partial charge in [-0.3, -0.25) is 4.79 Å². The van der Waals surface area contributed by atoms with Crippen LogP contribution in [0.4, 0.5) is 5.69 Å². The van der Waals surface area contributed by atoms with Crippen molar-refractivity contribution in [3.8, 4) is 5.75 Å². The van der Waals surface area contributed by atoms with Crippen LogP contribution in [0, 0.1) is 0 Å². The van der Waals surface area contributed by atoms with Gasteiger partial charge in [-0.25, -0.2) is 0 Å². The summed E-state index contributed by atoms with van der Waals surface area (Å²) in [6, 6.07) is 16.5. The predicted octanol–water partition coefficient (Wildman–Crippen LogP) is 4.98. The number of thiophene rings is 1. The molecule has 1 aromatic heterocycles. The van der Waals surface area contributed by atoms with E-state index in [1.54, 1.807) is 30.2 Å². The third-order valence-electron chi connectivity index (χ3n) is 4.45. The Balaban J connectivity index is 1.47. The molecule has 0 spiro atoms. The maximum absolute atomic E-state index is 12.7. The second-order valence-electron chi connectivity index (χ2n) is 6.04. The Morgan fingerprint density at radius 1 is 1.24 bits per heavy atom. The van der Waals surface area contributed by atoms with Gasteiger partial charge in [0.15, 0.2) is 0 Å². The number of carbonyl (C=O) groups excluding carboxylic acids is 1. The Labute approximate surface area is 155 Å². The number of ether oxygens (including phenoxy) is 1. The van der Waals surface area contributed by atoms with E-state index in [-0.39, 0.29) is 5.91 Å². The topological polar surface area (TPSA) is 29.5 Å². The summed E-state index contributed by atoms with van der Waals surface area (Å²) in [6.07, 6.45) is 2.10. The molecule has 2 heterocycles. The summed E-state index contributed by atoms with van der Waals surface area (Å²) >= 11 is 3.35. The molecule has 3 aromatic rings. The molecular formula is C20H19NO2S2. The molecule has 128 valence electrons. The number of nitrogens with zero attached hydrogens (tertiary/aromatic N) is 1. The highest BCUT2D eigenvalue weighted by Crippen LogP contribution is 2.35. The number of carbonyl (C=O) groups is 1. The first kappa shape index (κ1) is 16.5. The molecule has 0 aliphatic carbocycles. The zero-order valence-corrected chi connectivity index (χ0v) is 15.7. The van der Waals surface area contributed by atoms with E-state index in [0.29, 0.717) is 5.75 Å². The number of anilines is 1. The molecule has 1 aliphatic rings. The van der Waals surface area contributed by atoms with Gasteiger partial charge in [0.1, 0.15) is 5.75 Å². The van der Waals surface area contributed by atoms with Crippen LogP contribution in [0.25, 0.3) is 10.1 Å². The van der Waals surface area contributed by atoms with Gasteiger partial charge in [0.2, 0.25) is 5.91 Å². The average Bonchev–Trinajstić information content (AvgIpc) is 3.07. The Hall–Kier alpha value is -1.98. The maximum Gasteiger partial charge on any atom is 0.237 e. The molecule has 2 aromatic carbocycles. The molecule has 0 N–H and O–H groups in total. The smallest absolute Gasteiger partial charge is 0.237 e. The van der Waals surface area contributed by atoms with E-state index in [9.17, 15) is 4.79 Å². The molecule has 0 radical (unpaired) electrons. The summed E-state index contributed by atoms with van der Waals surface area (Å²) < 4.78 is 7.67. The Kier molecular flexibility index (Phi) is 4.68. The molecule has 0 unspecified atom stereocenters. The molecular weight excluding hydrogens is 350 g/mol. The highest BCUT2D eigenvalue weighted by atomic mass is 32.2. The lowest BCUT2D eigenvalue weighted by Gasteiger charge is -2.29. The van der Waals surface area contributed by atoms with E-state index in [1.807, 2.05) is 29.2 Å². The average molecular weight is 370 g/mol. The zero-order valence-electron chi connectivity index (χ0n) is 14.0. The van der Waals surface area contributed by atoms with Crippen LogP contribution in [0.5, 0.6) is 5.75 Å². The number of amides is 1. The molecule has 5 heteroatoms. The van der Waals surface area contributed by atoms with Crippen molar-refractivity contribution in [3.05, 3.63) is 54.1 Å². The molecule has 1 amide bonds. The van der Waals surface area contributed by atoms with Crippen molar-refractivity contribution in [2.45, 2.75) is 17.1 Å². The lowest BCUT2D eigenvalue weighted by molar-refractivity contribution is -0.116. The number of hydrogen-bond acceptors (Lipinski definition) is 4. The lowest BCUT2D eigenvalue weighted by Crippen LogP contribution is -2.36. The van der Waals surface area contributed by atoms with Crippen molar-refractivity contribution in [1.82, 2.24) is 0 Å². The van der Waals surface area contributed by atoms with E-state index >= 15 is 0 Å². The lowest BCUT2D eigenvalue weighted by atomic mass is 10.0. The first-order valence-electron chi connectivity index (χ1n) is 8.33. The van der Waals surface area contributed by atoms with Crippen LogP contribution < -0.4 is 9.64 Å². The fourth-order valence-corrected chi connectivity index (χ4v) is 5.29. The van der Waals surface area contributed by atoms with Crippen molar-refractivity contribution in [2.24, 2.45) is 0 Å². The second-order valence-corrected chi connectivity index (χ2v) is 8.39. The molecule has 25 heavy (non-hydrogen) atoms. The largest absolute Gasteiger partial charge is 0.497 e. The van der Waals surface area contributed by atoms with Crippen molar-refractivity contribution >= 4 is 44.8 Å². The number of hydrogen-bond donors (Lipinski definition) is 0. The van der Waals surface area contributed by atoms with Gasteiger partial charge < -0.3 is 9.64 Å². The van der Waals surface area contributed by atoms with Crippen molar-refractivity contribution in [3.63, 3.8) is 0 Å². The van der Waals surface area contributed by atoms with Crippen LogP contribution in [0.15, 0.2) is 52.7 Å². The fourth-order valence-electron chi connectivity index (χ4n) is 3.20. The summed E-state index contributed by atoms with van der Waals surface area (Å²) in [5.41, 5.74) is 2.36. The second kappa shape index (κ2) is 7.10. The number of methoxy groups -OCH3 is 1. The number of thioether (sulfide) groups is 1. The van der Waals surface area contributed by atoms with Crippen LogP contribution in [-0.2, 0) is 11.2 Å². The fraction of sp³-hybridized carbons (Fsp3) is 0.250. The maximum atomic E-state index is 12.7. The molecule has 0 saturated carbocycles. The standard InChI is InChI=1S/C20H19NO2S2/c1-23-16-8-9-18-15(11-16)12-20(25-18)24-13-19(22)21-10-4-6-14-5-2-3-7-17(14)21/h2-3,5,7-9,11-12H,4,6,10,13H2,1H3. The number of fused-ring (bicyclic) bond motifs is 2. The normalized spacial score (nSPS) is 13.7. The monoisotopic (exact) mass is 369 g/mol. The van der Waals surface area contributed by atoms with Gasteiger partial charge in [0.05, 0.1) is 17.1 Å². The number of aryl methyl sites for hydroxylation is 1. The van der Waals surface area contributed by atoms with E-state index < -0.39 is 0 Å². The minimum Gasteiger partial charge on any atom is -0.497 e. The zero-order chi connectivity index (χ0) is 17.2. The van der Waals surface area contributed by atoms with Gasteiger partial charge >= 0.3 is 0 Å². The van der Waals surface area contributed by atoms with Crippen molar-refractivity contribution < 1.29 is 9.53 Å². The first-order chi connectivity index (χ1) is 12.2. The van der Waals surface area contributed by atoms with E-state index in [0.717, 1.165) is 30.8 Å². The van der Waals surface area contributed by atoms with Gasteiger partial charge in [-0.05, 0) is 54.1 Å². The Morgan fingerprint density at radius 3 is 3.00 bits per heavy atom. The number of para-hydroxylation sites is 1. The number of rotatable bonds is 4. The number of benzene rings is 2. The third-order valence-corrected chi connectivity index (χ3v) is 6.76. The van der Waals surface area contributed by atoms with Gasteiger partial charge in [-0.15, -0.1) is 23.1 Å². The SMILES string of the molecule is COc1ccc2sc(SCC(=O)N3CCCc4ccccc43)cc2c1. The van der Waals surface area contributed by atoms with Gasteiger partial charge in [0, 0.05) is 16.9 Å². The summed E-state index contributed by atoms with van der Waals surface area (Å²) in [6.45, 7) is 0.819. The van der Waals surface area contributed by atoms with Crippen LogP contribution in [0.3, 0.4) is 0 Å². The van der Waals surface area contributed by atoms with Gasteiger partial charge in [0.25, 0.3) is 0 Å². The molecule has 0 saturated heterocycles. The summed E-state index contributed by atoms with van der Waals surface area (Å²) in [5, 5.41) is 1.17. The molecule has 3 nitrogen and oxygen atoms in total. The van der Waals surface area contributed by atoms with Gasteiger partial charge in [-0.1, -0.05) is 18.2 Å². The summed E-state index contributed by atoms with van der Waals surface area (Å²) in [4.78, 5) is 14.7. The Bertz CT molecular complexity index is 919. The molecule has 0 bridgehead atoms. The van der Waals surface area contributed by atoms with Crippen LogP contribution >= 0.6 is 23.1 Å². The quantitative estimate of drug-likeness (QED) is 0.607. The van der Waals surface area contributed by atoms with Crippen LogP contribution in [-0.4, -0.2) is 25.3 Å². The molecule has 0 fully saturated rings. The van der Waals surface area contributed by atoms with E-state index in [2.05, 4.69) is 24.3 Å². The van der Waals surface area contributed by atoms with E-state index in [4.69, 9.17) is 4.74 Å². The highest BCUT2D eigenvalue weighted by Gasteiger charge is 2.22. The summed E-state index contributed by atoms with van der Waals surface area (Å²) in [7, 11) is 1.68. The molecule has 0 atom stereocenters. The molecule has 1 aliphatic heterocycles. The summed E-state index contributed by atoms with van der Waals surface area (Å²) in [5.74, 6) is 1.52. The Morgan fingerprint density at radius 2 is 2.12 bits per heavy atom. The van der Waals surface area contributed by atoms with Crippen molar-refractivity contribution in [1.29, 1.82) is 0 Å². The van der Waals surface area contributed by atoms with Crippen LogP contribution in [0.2, 0.25) is 0 Å². The third kappa shape index (κ3) is 3.39.